The first kappa shape index (κ1) is 33.3. The van der Waals surface area contributed by atoms with Gasteiger partial charge in [0, 0.05) is 34.1 Å². The lowest BCUT2D eigenvalue weighted by molar-refractivity contribution is -0.154. The zero-order valence-electron chi connectivity index (χ0n) is 28.4. The number of carbonyl (C=O) groups excluding carboxylic acids is 2. The quantitative estimate of drug-likeness (QED) is 0.122. The normalized spacial score (nSPS) is 13.2. The highest BCUT2D eigenvalue weighted by atomic mass is 16.6. The molecule has 0 bridgehead atoms. The molecular weight excluding hydrogens is 586 g/mol. The molecule has 1 unspecified atom stereocenters. The molecule has 1 atom stereocenters. The summed E-state index contributed by atoms with van der Waals surface area (Å²) in [5, 5.41) is 0. The summed E-state index contributed by atoms with van der Waals surface area (Å²) in [6.45, 7) is 21.5. The molecular formula is C41H43NO5. The molecule has 0 spiro atoms. The van der Waals surface area contributed by atoms with Gasteiger partial charge in [0.2, 0.25) is 0 Å². The molecule has 0 N–H and O–H groups in total. The minimum atomic E-state index is -0.813. The van der Waals surface area contributed by atoms with E-state index in [1.165, 1.54) is 33.4 Å². The second-order valence-electron chi connectivity index (χ2n) is 12.9. The zero-order valence-corrected chi connectivity index (χ0v) is 28.4. The number of esters is 2. The van der Waals surface area contributed by atoms with Crippen molar-refractivity contribution < 1.29 is 23.8 Å². The van der Waals surface area contributed by atoms with Crippen LogP contribution in [0.15, 0.2) is 97.6 Å². The Morgan fingerprint density at radius 2 is 1.30 bits per heavy atom. The standard InChI is InChI=1S/C41H43NO5/c1-10-39(43)47-34(24-46-40(44)25(2)3)23-45-33-16-18-36-35-17-15-32(21-37(35)41(8,9)38(36)22-33)42(30-13-11-26(4)28(6)19-30)31-14-12-27(5)29(7)20-31/h10-22,34H,1-2,23-24H2,3-9H3. The third-order valence-corrected chi connectivity index (χ3v) is 9.02. The van der Waals surface area contributed by atoms with E-state index >= 15 is 0 Å². The van der Waals surface area contributed by atoms with Crippen molar-refractivity contribution in [3.8, 4) is 16.9 Å². The highest BCUT2D eigenvalue weighted by molar-refractivity contribution is 5.87. The molecule has 242 valence electrons. The Morgan fingerprint density at radius 3 is 1.85 bits per heavy atom. The smallest absolute Gasteiger partial charge is 0.333 e. The Hall–Kier alpha value is -5.10. The third kappa shape index (κ3) is 6.87. The van der Waals surface area contributed by atoms with Crippen LogP contribution >= 0.6 is 0 Å². The minimum absolute atomic E-state index is 0.000254. The molecule has 6 heteroatoms. The zero-order chi connectivity index (χ0) is 34.0. The minimum Gasteiger partial charge on any atom is -0.490 e. The van der Waals surface area contributed by atoms with Crippen molar-refractivity contribution in [1.82, 2.24) is 0 Å². The maximum Gasteiger partial charge on any atom is 0.333 e. The first-order chi connectivity index (χ1) is 22.3. The van der Waals surface area contributed by atoms with Crippen LogP contribution in [0.2, 0.25) is 0 Å². The van der Waals surface area contributed by atoms with Gasteiger partial charge in [-0.25, -0.2) is 9.59 Å². The monoisotopic (exact) mass is 629 g/mol. The van der Waals surface area contributed by atoms with E-state index in [4.69, 9.17) is 14.2 Å². The number of hydrogen-bond donors (Lipinski definition) is 0. The second-order valence-corrected chi connectivity index (χ2v) is 12.9. The van der Waals surface area contributed by atoms with Crippen molar-refractivity contribution in [2.45, 2.75) is 60.0 Å². The average Bonchev–Trinajstić information content (AvgIpc) is 3.27. The summed E-state index contributed by atoms with van der Waals surface area (Å²) in [6, 6.07) is 26.0. The van der Waals surface area contributed by atoms with Gasteiger partial charge in [-0.2, -0.15) is 0 Å². The molecule has 0 radical (unpaired) electrons. The highest BCUT2D eigenvalue weighted by Crippen LogP contribution is 2.51. The molecule has 6 nitrogen and oxygen atoms in total. The van der Waals surface area contributed by atoms with Gasteiger partial charge < -0.3 is 19.1 Å². The largest absolute Gasteiger partial charge is 0.490 e. The molecule has 5 rings (SSSR count). The predicted octanol–water partition coefficient (Wildman–Crippen LogP) is 9.29. The maximum absolute atomic E-state index is 11.9. The predicted molar refractivity (Wildman–Crippen MR) is 189 cm³/mol. The fraction of sp³-hybridized carbons (Fsp3) is 0.268. The van der Waals surface area contributed by atoms with Crippen LogP contribution in [0.1, 0.15) is 54.2 Å². The van der Waals surface area contributed by atoms with Crippen molar-refractivity contribution in [2.24, 2.45) is 0 Å². The number of benzene rings is 4. The van der Waals surface area contributed by atoms with Crippen LogP contribution in [0, 0.1) is 27.7 Å². The summed E-state index contributed by atoms with van der Waals surface area (Å²) >= 11 is 0. The summed E-state index contributed by atoms with van der Waals surface area (Å²) in [7, 11) is 0. The number of anilines is 3. The summed E-state index contributed by atoms with van der Waals surface area (Å²) in [4.78, 5) is 26.2. The molecule has 4 aromatic rings. The average molecular weight is 630 g/mol. The van der Waals surface area contributed by atoms with Crippen LogP contribution in [0.4, 0.5) is 17.1 Å². The van der Waals surface area contributed by atoms with Crippen LogP contribution < -0.4 is 9.64 Å². The molecule has 0 amide bonds. The van der Waals surface area contributed by atoms with Crippen LogP contribution in [-0.4, -0.2) is 31.3 Å². The van der Waals surface area contributed by atoms with Gasteiger partial charge in [0.25, 0.3) is 0 Å². The Labute approximate surface area is 278 Å². The Bertz CT molecular complexity index is 1830. The summed E-state index contributed by atoms with van der Waals surface area (Å²) in [6.07, 6.45) is 0.254. The first-order valence-electron chi connectivity index (χ1n) is 15.8. The highest BCUT2D eigenvalue weighted by Gasteiger charge is 2.36. The molecule has 1 aliphatic rings. The van der Waals surface area contributed by atoms with E-state index in [2.05, 4.69) is 120 Å². The summed E-state index contributed by atoms with van der Waals surface area (Å²) < 4.78 is 16.7. The van der Waals surface area contributed by atoms with Gasteiger partial charge in [0.05, 0.1) is 0 Å². The van der Waals surface area contributed by atoms with E-state index in [1.807, 2.05) is 12.1 Å². The lowest BCUT2D eigenvalue weighted by atomic mass is 9.82. The molecule has 0 aromatic heterocycles. The van der Waals surface area contributed by atoms with Gasteiger partial charge >= 0.3 is 11.9 Å². The van der Waals surface area contributed by atoms with Crippen LogP contribution in [0.3, 0.4) is 0 Å². The van der Waals surface area contributed by atoms with Crippen molar-refractivity contribution in [3.63, 3.8) is 0 Å². The number of nitrogens with zero attached hydrogens (tertiary/aromatic N) is 1. The fourth-order valence-electron chi connectivity index (χ4n) is 5.92. The summed E-state index contributed by atoms with van der Waals surface area (Å²) in [5.41, 5.74) is 13.0. The van der Waals surface area contributed by atoms with E-state index in [0.29, 0.717) is 5.75 Å². The number of rotatable bonds is 11. The van der Waals surface area contributed by atoms with Crippen molar-refractivity contribution in [2.75, 3.05) is 18.1 Å². The van der Waals surface area contributed by atoms with Gasteiger partial charge in [0.1, 0.15) is 19.0 Å². The van der Waals surface area contributed by atoms with Crippen molar-refractivity contribution in [1.29, 1.82) is 0 Å². The fourth-order valence-corrected chi connectivity index (χ4v) is 5.92. The van der Waals surface area contributed by atoms with Crippen LogP contribution in [0.5, 0.6) is 5.75 Å². The first-order valence-corrected chi connectivity index (χ1v) is 15.8. The van der Waals surface area contributed by atoms with Gasteiger partial charge in [0.15, 0.2) is 6.10 Å². The maximum atomic E-state index is 11.9. The third-order valence-electron chi connectivity index (χ3n) is 9.02. The van der Waals surface area contributed by atoms with Gasteiger partial charge in [-0.1, -0.05) is 51.3 Å². The van der Waals surface area contributed by atoms with E-state index in [1.54, 1.807) is 6.92 Å². The van der Waals surface area contributed by atoms with E-state index in [-0.39, 0.29) is 24.2 Å². The molecule has 0 saturated carbocycles. The second kappa shape index (κ2) is 13.3. The van der Waals surface area contributed by atoms with E-state index in [0.717, 1.165) is 34.3 Å². The topological polar surface area (TPSA) is 65.1 Å². The van der Waals surface area contributed by atoms with Crippen molar-refractivity contribution >= 4 is 29.0 Å². The number of hydrogen-bond acceptors (Lipinski definition) is 6. The molecule has 0 heterocycles. The summed E-state index contributed by atoms with van der Waals surface area (Å²) in [5.74, 6) is -0.556. The van der Waals surface area contributed by atoms with Gasteiger partial charge in [-0.15, -0.1) is 0 Å². The molecule has 0 saturated heterocycles. The SMILES string of the molecule is C=CC(=O)OC(COC(=O)C(=C)C)COc1ccc2c(c1)C(C)(C)c1cc(N(c3ccc(C)c(C)c3)c3ccc(C)c(C)c3)ccc1-2. The van der Waals surface area contributed by atoms with E-state index < -0.39 is 18.0 Å². The van der Waals surface area contributed by atoms with Crippen LogP contribution in [0.25, 0.3) is 11.1 Å². The number of ether oxygens (including phenoxy) is 3. The number of fused-ring (bicyclic) bond motifs is 3. The number of carbonyl (C=O) groups is 2. The lowest BCUT2D eigenvalue weighted by Gasteiger charge is -2.29. The molecule has 0 fully saturated rings. The number of aryl methyl sites for hydroxylation is 4. The van der Waals surface area contributed by atoms with Gasteiger partial charge in [-0.3, -0.25) is 0 Å². The Kier molecular flexibility index (Phi) is 9.43. The molecule has 4 aromatic carbocycles. The Morgan fingerprint density at radius 1 is 0.766 bits per heavy atom. The lowest BCUT2D eigenvalue weighted by Crippen LogP contribution is -2.30. The van der Waals surface area contributed by atoms with Gasteiger partial charge in [-0.05, 0) is 128 Å². The Balaban J connectivity index is 1.46. The molecule has 0 aliphatic heterocycles. The molecule has 47 heavy (non-hydrogen) atoms. The van der Waals surface area contributed by atoms with Crippen molar-refractivity contribution in [3.05, 3.63) is 131 Å². The van der Waals surface area contributed by atoms with Crippen LogP contribution in [-0.2, 0) is 24.5 Å². The molecule has 1 aliphatic carbocycles. The van der Waals surface area contributed by atoms with E-state index in [9.17, 15) is 9.59 Å².